The summed E-state index contributed by atoms with van der Waals surface area (Å²) < 4.78 is 29.2. The van der Waals surface area contributed by atoms with Gasteiger partial charge in [0.1, 0.15) is 29.1 Å². The number of anilines is 1. The molecular formula is C22H19ClFN7O2S2. The van der Waals surface area contributed by atoms with Crippen LogP contribution in [0.25, 0.3) is 22.2 Å². The number of aromatic amines is 1. The van der Waals surface area contributed by atoms with Crippen LogP contribution < -0.4 is 10.5 Å². The summed E-state index contributed by atoms with van der Waals surface area (Å²) in [4.78, 5) is 27.7. The largest absolute Gasteiger partial charge is 0.348 e. The van der Waals surface area contributed by atoms with Gasteiger partial charge in [-0.15, -0.1) is 0 Å². The topological polar surface area (TPSA) is 101 Å². The SMILES string of the molecule is CS(=O)c1c[nH]c2ncnc(N(CCS)Cc3nn4ccc(Cl)c4c(=O)n3-c3cccc(F)c3)c12. The Bertz CT molecular complexity index is 1650. The van der Waals surface area contributed by atoms with Gasteiger partial charge in [-0.05, 0) is 24.3 Å². The zero-order chi connectivity index (χ0) is 24.7. The Balaban J connectivity index is 1.73. The molecule has 9 nitrogen and oxygen atoms in total. The van der Waals surface area contributed by atoms with E-state index in [9.17, 15) is 13.4 Å². The quantitative estimate of drug-likeness (QED) is 0.313. The first-order valence-corrected chi connectivity index (χ1v) is 13.0. The fourth-order valence-electron chi connectivity index (χ4n) is 3.99. The van der Waals surface area contributed by atoms with Crippen molar-refractivity contribution in [2.75, 3.05) is 23.5 Å². The van der Waals surface area contributed by atoms with Crippen molar-refractivity contribution in [1.29, 1.82) is 0 Å². The number of nitrogens with zero attached hydrogens (tertiary/aromatic N) is 6. The van der Waals surface area contributed by atoms with Gasteiger partial charge < -0.3 is 9.88 Å². The molecule has 0 aliphatic rings. The second-order valence-electron chi connectivity index (χ2n) is 7.67. The van der Waals surface area contributed by atoms with E-state index in [2.05, 4.69) is 32.7 Å². The van der Waals surface area contributed by atoms with E-state index in [1.807, 2.05) is 4.90 Å². The molecule has 1 aromatic carbocycles. The summed E-state index contributed by atoms with van der Waals surface area (Å²) in [6.07, 6.45) is 6.22. The maximum absolute atomic E-state index is 14.1. The van der Waals surface area contributed by atoms with Crippen molar-refractivity contribution in [2.24, 2.45) is 0 Å². The molecule has 0 fully saturated rings. The summed E-state index contributed by atoms with van der Waals surface area (Å²) in [6, 6.07) is 7.28. The number of rotatable bonds is 7. The Hall–Kier alpha value is -3.22. The summed E-state index contributed by atoms with van der Waals surface area (Å²) in [5, 5.41) is 5.48. The van der Waals surface area contributed by atoms with E-state index in [1.54, 1.807) is 30.8 Å². The Kier molecular flexibility index (Phi) is 6.34. The van der Waals surface area contributed by atoms with Crippen LogP contribution >= 0.6 is 24.2 Å². The first kappa shape index (κ1) is 23.5. The number of hydrogen-bond acceptors (Lipinski definition) is 7. The fraction of sp³-hybridized carbons (Fsp3) is 0.182. The Morgan fingerprint density at radius 1 is 1.29 bits per heavy atom. The van der Waals surface area contributed by atoms with E-state index < -0.39 is 22.2 Å². The predicted molar refractivity (Wildman–Crippen MR) is 137 cm³/mol. The van der Waals surface area contributed by atoms with Crippen LogP contribution in [0.2, 0.25) is 5.02 Å². The van der Waals surface area contributed by atoms with Crippen LogP contribution in [0.3, 0.4) is 0 Å². The zero-order valence-corrected chi connectivity index (χ0v) is 20.8. The zero-order valence-electron chi connectivity index (χ0n) is 18.4. The van der Waals surface area contributed by atoms with Crippen LogP contribution in [0, 0.1) is 5.82 Å². The van der Waals surface area contributed by atoms with Gasteiger partial charge in [-0.2, -0.15) is 17.7 Å². The van der Waals surface area contributed by atoms with Crippen molar-refractivity contribution < 1.29 is 8.60 Å². The lowest BCUT2D eigenvalue weighted by Crippen LogP contribution is -2.33. The Labute approximate surface area is 211 Å². The average molecular weight is 532 g/mol. The maximum atomic E-state index is 14.1. The van der Waals surface area contributed by atoms with E-state index in [0.29, 0.717) is 45.6 Å². The third kappa shape index (κ3) is 4.21. The van der Waals surface area contributed by atoms with Crippen molar-refractivity contribution in [3.05, 3.63) is 76.1 Å². The third-order valence-electron chi connectivity index (χ3n) is 5.50. The minimum atomic E-state index is -1.29. The van der Waals surface area contributed by atoms with Gasteiger partial charge in [-0.3, -0.25) is 13.6 Å². The summed E-state index contributed by atoms with van der Waals surface area (Å²) in [7, 11) is -1.29. The van der Waals surface area contributed by atoms with Crippen molar-refractivity contribution in [1.82, 2.24) is 29.1 Å². The molecule has 0 aliphatic carbocycles. The van der Waals surface area contributed by atoms with Crippen LogP contribution in [0.4, 0.5) is 10.2 Å². The van der Waals surface area contributed by atoms with Crippen molar-refractivity contribution in [2.45, 2.75) is 11.4 Å². The molecule has 35 heavy (non-hydrogen) atoms. The highest BCUT2D eigenvalue weighted by atomic mass is 35.5. The number of hydrogen-bond donors (Lipinski definition) is 2. The first-order valence-electron chi connectivity index (χ1n) is 10.4. The minimum Gasteiger partial charge on any atom is -0.348 e. The van der Waals surface area contributed by atoms with Gasteiger partial charge in [0.15, 0.2) is 5.82 Å². The van der Waals surface area contributed by atoms with E-state index in [1.165, 1.54) is 33.6 Å². The highest BCUT2D eigenvalue weighted by molar-refractivity contribution is 7.84. The lowest BCUT2D eigenvalue weighted by atomic mass is 10.3. The van der Waals surface area contributed by atoms with E-state index >= 15 is 0 Å². The van der Waals surface area contributed by atoms with Crippen LogP contribution in [0.1, 0.15) is 5.82 Å². The minimum absolute atomic E-state index is 0.116. The van der Waals surface area contributed by atoms with Gasteiger partial charge in [-0.25, -0.2) is 18.9 Å². The number of aromatic nitrogens is 6. The van der Waals surface area contributed by atoms with Gasteiger partial charge in [0, 0.05) is 30.9 Å². The number of H-pyrrole nitrogens is 1. The molecule has 5 rings (SSSR count). The van der Waals surface area contributed by atoms with Crippen LogP contribution in [-0.4, -0.2) is 51.9 Å². The number of halogens is 2. The molecule has 0 bridgehead atoms. The second kappa shape index (κ2) is 9.44. The smallest absolute Gasteiger partial charge is 0.284 e. The molecule has 1 atom stereocenters. The first-order chi connectivity index (χ1) is 16.9. The van der Waals surface area contributed by atoms with E-state index in [-0.39, 0.29) is 17.1 Å². The molecule has 0 saturated carbocycles. The van der Waals surface area contributed by atoms with Crippen LogP contribution in [-0.2, 0) is 17.3 Å². The molecule has 5 aromatic rings. The average Bonchev–Trinajstić information content (AvgIpc) is 3.43. The van der Waals surface area contributed by atoms with E-state index in [0.717, 1.165) is 0 Å². The monoisotopic (exact) mass is 531 g/mol. The summed E-state index contributed by atoms with van der Waals surface area (Å²) >= 11 is 10.7. The molecule has 1 N–H and O–H groups in total. The molecule has 4 heterocycles. The Morgan fingerprint density at radius 2 is 2.11 bits per heavy atom. The molecule has 13 heteroatoms. The standard InChI is InChI=1S/C22H19ClFN7O2S2/c1-35(33)16-10-25-20-18(16)21(27-12-26-20)29(7-8-34)11-17-28-30-6-5-15(23)19(30)22(32)31(17)14-4-2-3-13(24)9-14/h2-6,9-10,12,34H,7-8,11H2,1H3,(H,25,26,27). The van der Waals surface area contributed by atoms with Gasteiger partial charge >= 0.3 is 0 Å². The van der Waals surface area contributed by atoms with Gasteiger partial charge in [0.25, 0.3) is 5.56 Å². The van der Waals surface area contributed by atoms with Gasteiger partial charge in [0.2, 0.25) is 0 Å². The molecule has 0 spiro atoms. The number of fused-ring (bicyclic) bond motifs is 2. The summed E-state index contributed by atoms with van der Waals surface area (Å²) in [6.45, 7) is 0.546. The van der Waals surface area contributed by atoms with Crippen LogP contribution in [0.5, 0.6) is 0 Å². The second-order valence-corrected chi connectivity index (χ2v) is 9.87. The van der Waals surface area contributed by atoms with E-state index in [4.69, 9.17) is 11.6 Å². The molecule has 1 unspecified atom stereocenters. The number of nitrogens with one attached hydrogen (secondary N) is 1. The lowest BCUT2D eigenvalue weighted by Gasteiger charge is -2.25. The predicted octanol–water partition coefficient (Wildman–Crippen LogP) is 3.22. The van der Waals surface area contributed by atoms with Gasteiger partial charge in [0.05, 0.1) is 38.3 Å². The van der Waals surface area contributed by atoms with Crippen molar-refractivity contribution in [3.8, 4) is 5.69 Å². The van der Waals surface area contributed by atoms with Crippen molar-refractivity contribution in [3.63, 3.8) is 0 Å². The molecule has 0 amide bonds. The molecule has 0 saturated heterocycles. The fourth-order valence-corrected chi connectivity index (χ4v) is 5.16. The third-order valence-corrected chi connectivity index (χ3v) is 6.94. The molecule has 0 aliphatic heterocycles. The Morgan fingerprint density at radius 3 is 2.86 bits per heavy atom. The van der Waals surface area contributed by atoms with Crippen molar-refractivity contribution >= 4 is 57.4 Å². The number of benzene rings is 1. The molecule has 0 radical (unpaired) electrons. The lowest BCUT2D eigenvalue weighted by molar-refractivity contribution is 0.623. The van der Waals surface area contributed by atoms with Crippen LogP contribution in [0.15, 0.2) is 58.7 Å². The highest BCUT2D eigenvalue weighted by Crippen LogP contribution is 2.29. The summed E-state index contributed by atoms with van der Waals surface area (Å²) in [5.74, 6) is 0.807. The summed E-state index contributed by atoms with van der Waals surface area (Å²) in [5.41, 5.74) is 0.589. The molecule has 4 aromatic heterocycles. The highest BCUT2D eigenvalue weighted by Gasteiger charge is 2.22. The normalized spacial score (nSPS) is 12.5. The molecular weight excluding hydrogens is 513 g/mol. The van der Waals surface area contributed by atoms with Gasteiger partial charge in [-0.1, -0.05) is 17.7 Å². The maximum Gasteiger partial charge on any atom is 0.284 e. The number of thiol groups is 1. The molecule has 180 valence electrons.